The van der Waals surface area contributed by atoms with Gasteiger partial charge in [-0.3, -0.25) is 0 Å². The lowest BCUT2D eigenvalue weighted by atomic mass is 10.0. The van der Waals surface area contributed by atoms with Crippen molar-refractivity contribution in [2.45, 2.75) is 20.3 Å². The van der Waals surface area contributed by atoms with E-state index in [0.29, 0.717) is 0 Å². The van der Waals surface area contributed by atoms with Crippen LogP contribution in [0.3, 0.4) is 0 Å². The van der Waals surface area contributed by atoms with E-state index in [2.05, 4.69) is 72.8 Å². The minimum atomic E-state index is 0.921. The quantitative estimate of drug-likeness (QED) is 0.626. The smallest absolute Gasteiger partial charge is 0.240 e. The van der Waals surface area contributed by atoms with Crippen molar-refractivity contribution in [1.82, 2.24) is 9.55 Å². The maximum atomic E-state index is 4.87. The maximum absolute atomic E-state index is 4.87. The third-order valence-corrected chi connectivity index (χ3v) is 4.25. The monoisotopic (exact) mass is 276 g/mol. The molecule has 0 radical (unpaired) electrons. The zero-order chi connectivity index (χ0) is 14.6. The fourth-order valence-corrected chi connectivity index (χ4v) is 3.22. The third-order valence-electron chi connectivity index (χ3n) is 4.25. The number of nitrogens with zero attached hydrogens (tertiary/aromatic N) is 3. The first kappa shape index (κ1) is 12.3. The van der Waals surface area contributed by atoms with E-state index in [4.69, 9.17) is 4.98 Å². The molecular formula is C18H18N3+. The van der Waals surface area contributed by atoms with Crippen LogP contribution in [0.2, 0.25) is 0 Å². The number of benzene rings is 1. The second-order valence-corrected chi connectivity index (χ2v) is 5.81. The first-order chi connectivity index (χ1) is 10.1. The average Bonchev–Trinajstić information content (AvgIpc) is 3.00. The van der Waals surface area contributed by atoms with Crippen LogP contribution in [0.1, 0.15) is 17.0 Å². The van der Waals surface area contributed by atoms with Gasteiger partial charge in [0.1, 0.15) is 12.9 Å². The predicted octanol–water partition coefficient (Wildman–Crippen LogP) is 3.17. The van der Waals surface area contributed by atoms with Crippen molar-refractivity contribution in [3.8, 4) is 11.3 Å². The van der Waals surface area contributed by atoms with Crippen LogP contribution in [0.15, 0.2) is 36.5 Å². The van der Waals surface area contributed by atoms with Gasteiger partial charge >= 0.3 is 0 Å². The molecule has 2 aromatic heterocycles. The van der Waals surface area contributed by atoms with Crippen molar-refractivity contribution in [3.63, 3.8) is 0 Å². The van der Waals surface area contributed by atoms with Crippen LogP contribution >= 0.6 is 0 Å². The summed E-state index contributed by atoms with van der Waals surface area (Å²) < 4.78 is 4.37. The summed E-state index contributed by atoms with van der Waals surface area (Å²) >= 11 is 0. The van der Waals surface area contributed by atoms with E-state index in [9.17, 15) is 0 Å². The number of aryl methyl sites for hydroxylation is 3. The van der Waals surface area contributed by atoms with Gasteiger partial charge in [0.05, 0.1) is 11.1 Å². The molecule has 1 aliphatic rings. The lowest BCUT2D eigenvalue weighted by Crippen LogP contribution is -2.30. The Kier molecular flexibility index (Phi) is 2.52. The van der Waals surface area contributed by atoms with Gasteiger partial charge in [0.25, 0.3) is 0 Å². The molecule has 3 heterocycles. The molecule has 0 N–H and O–H groups in total. The molecule has 1 aromatic carbocycles. The molecule has 0 bridgehead atoms. The van der Waals surface area contributed by atoms with Crippen molar-refractivity contribution in [1.29, 1.82) is 0 Å². The Bertz CT molecular complexity index is 900. The van der Waals surface area contributed by atoms with E-state index >= 15 is 0 Å². The highest BCUT2D eigenvalue weighted by atomic mass is 15.1. The Hall–Kier alpha value is -2.42. The number of rotatable bonds is 1. The Morgan fingerprint density at radius 3 is 2.86 bits per heavy atom. The molecule has 3 nitrogen and oxygen atoms in total. The molecule has 0 amide bonds. The topological polar surface area (TPSA) is 21.7 Å². The molecular weight excluding hydrogens is 258 g/mol. The molecule has 0 spiro atoms. The van der Waals surface area contributed by atoms with Crippen molar-refractivity contribution in [2.75, 3.05) is 0 Å². The molecule has 0 saturated carbocycles. The Labute approximate surface area is 124 Å². The largest absolute Gasteiger partial charge is 0.303 e. The lowest BCUT2D eigenvalue weighted by Gasteiger charge is -2.06. The lowest BCUT2D eigenvalue weighted by molar-refractivity contribution is -0.659. The molecule has 0 atom stereocenters. The van der Waals surface area contributed by atoms with Gasteiger partial charge in [-0.1, -0.05) is 23.8 Å². The summed E-state index contributed by atoms with van der Waals surface area (Å²) in [6.45, 7) is 4.30. The van der Waals surface area contributed by atoms with Crippen molar-refractivity contribution in [2.24, 2.45) is 7.05 Å². The molecule has 0 fully saturated rings. The van der Waals surface area contributed by atoms with Crippen molar-refractivity contribution < 1.29 is 4.57 Å². The molecule has 21 heavy (non-hydrogen) atoms. The van der Waals surface area contributed by atoms with Gasteiger partial charge in [-0.15, -0.1) is 0 Å². The molecule has 3 heteroatoms. The third kappa shape index (κ3) is 1.74. The van der Waals surface area contributed by atoms with Gasteiger partial charge in [-0.2, -0.15) is 4.57 Å². The first-order valence-electron chi connectivity index (χ1n) is 7.29. The summed E-state index contributed by atoms with van der Waals surface area (Å²) in [5.74, 6) is 1.13. The van der Waals surface area contributed by atoms with Crippen LogP contribution in [0.5, 0.6) is 0 Å². The molecule has 0 unspecified atom stereocenters. The summed E-state index contributed by atoms with van der Waals surface area (Å²) in [5.41, 5.74) is 7.32. The van der Waals surface area contributed by atoms with Crippen LogP contribution in [0.25, 0.3) is 28.5 Å². The first-order valence-corrected chi connectivity index (χ1v) is 7.29. The molecule has 104 valence electrons. The summed E-state index contributed by atoms with van der Waals surface area (Å²) in [4.78, 5) is 4.87. The van der Waals surface area contributed by atoms with Gasteiger partial charge in [0, 0.05) is 18.7 Å². The Morgan fingerprint density at radius 2 is 2.05 bits per heavy atom. The van der Waals surface area contributed by atoms with Crippen LogP contribution in [-0.2, 0) is 13.5 Å². The highest BCUT2D eigenvalue weighted by Crippen LogP contribution is 2.30. The van der Waals surface area contributed by atoms with Crippen LogP contribution in [-0.4, -0.2) is 9.55 Å². The molecule has 4 rings (SSSR count). The maximum Gasteiger partial charge on any atom is 0.240 e. The van der Waals surface area contributed by atoms with Crippen molar-refractivity contribution in [3.05, 3.63) is 53.5 Å². The minimum absolute atomic E-state index is 0.921. The van der Waals surface area contributed by atoms with Gasteiger partial charge in [-0.25, -0.2) is 4.98 Å². The summed E-state index contributed by atoms with van der Waals surface area (Å²) in [7, 11) is 2.09. The second kappa shape index (κ2) is 4.29. The van der Waals surface area contributed by atoms with Gasteiger partial charge in [0.2, 0.25) is 5.69 Å². The van der Waals surface area contributed by atoms with E-state index < -0.39 is 0 Å². The van der Waals surface area contributed by atoms with Crippen molar-refractivity contribution >= 4 is 17.2 Å². The second-order valence-electron chi connectivity index (χ2n) is 5.81. The average molecular weight is 276 g/mol. The number of hydrogen-bond acceptors (Lipinski definition) is 1. The molecule has 3 aromatic rings. The van der Waals surface area contributed by atoms with E-state index in [0.717, 1.165) is 17.8 Å². The number of aromatic nitrogens is 3. The van der Waals surface area contributed by atoms with Gasteiger partial charge in [-0.05, 0) is 25.5 Å². The Morgan fingerprint density at radius 1 is 1.19 bits per heavy atom. The highest BCUT2D eigenvalue weighted by Gasteiger charge is 2.23. The SMILES string of the molecule is Cc1ccc(-c2c3nc4n(c3cc[n+]2C)C=CC4)c(C)c1. The zero-order valence-corrected chi connectivity index (χ0v) is 12.6. The van der Waals surface area contributed by atoms with E-state index in [1.807, 2.05) is 0 Å². The fraction of sp³-hybridized carbons (Fsp3) is 0.222. The molecule has 0 aliphatic carbocycles. The van der Waals surface area contributed by atoms with E-state index in [1.165, 1.54) is 27.9 Å². The Balaban J connectivity index is 2.08. The summed E-state index contributed by atoms with van der Waals surface area (Å²) in [6, 6.07) is 8.76. The standard InChI is InChI=1S/C18H18N3/c1-12-6-7-14(13(2)11-12)18-17-15(8-10-20(18)3)21-9-4-5-16(21)19-17/h4,6-11H,5H2,1-3H3/q+1. The van der Waals surface area contributed by atoms with Gasteiger partial charge < -0.3 is 4.57 Å². The number of hydrogen-bond donors (Lipinski definition) is 0. The summed E-state index contributed by atoms with van der Waals surface area (Å²) in [6.07, 6.45) is 7.32. The summed E-state index contributed by atoms with van der Waals surface area (Å²) in [5, 5.41) is 0. The normalized spacial score (nSPS) is 13.1. The van der Waals surface area contributed by atoms with Crippen LogP contribution in [0, 0.1) is 13.8 Å². The van der Waals surface area contributed by atoms with Crippen LogP contribution in [0.4, 0.5) is 0 Å². The highest BCUT2D eigenvalue weighted by molar-refractivity contribution is 5.90. The fourth-order valence-electron chi connectivity index (χ4n) is 3.22. The van der Waals surface area contributed by atoms with E-state index in [1.54, 1.807) is 0 Å². The zero-order valence-electron chi connectivity index (χ0n) is 12.6. The van der Waals surface area contributed by atoms with Gasteiger partial charge in [0.15, 0.2) is 11.7 Å². The number of imidazole rings is 1. The number of allylic oxidation sites excluding steroid dienone is 1. The minimum Gasteiger partial charge on any atom is -0.303 e. The number of pyridine rings is 1. The van der Waals surface area contributed by atoms with Crippen LogP contribution < -0.4 is 4.57 Å². The predicted molar refractivity (Wildman–Crippen MR) is 84.9 cm³/mol. The van der Waals surface area contributed by atoms with E-state index in [-0.39, 0.29) is 0 Å². The molecule has 1 aliphatic heterocycles. The number of fused-ring (bicyclic) bond motifs is 3. The molecule has 0 saturated heterocycles.